The van der Waals surface area contributed by atoms with E-state index in [2.05, 4.69) is 5.32 Å². The monoisotopic (exact) mass is 337 g/mol. The quantitative estimate of drug-likeness (QED) is 0.681. The lowest BCUT2D eigenvalue weighted by Gasteiger charge is -2.14. The second-order valence-corrected chi connectivity index (χ2v) is 5.83. The summed E-state index contributed by atoms with van der Waals surface area (Å²) in [7, 11) is 0. The van der Waals surface area contributed by atoms with Crippen molar-refractivity contribution in [1.29, 1.82) is 0 Å². The van der Waals surface area contributed by atoms with E-state index in [0.717, 1.165) is 5.56 Å². The van der Waals surface area contributed by atoms with Gasteiger partial charge in [-0.3, -0.25) is 4.79 Å². The Morgan fingerprint density at radius 3 is 2.36 bits per heavy atom. The second-order valence-electron chi connectivity index (χ2n) is 5.83. The van der Waals surface area contributed by atoms with Gasteiger partial charge in [-0.05, 0) is 42.3 Å². The third kappa shape index (κ3) is 3.91. The maximum Gasteiger partial charge on any atom is 0.231 e. The van der Waals surface area contributed by atoms with Crippen LogP contribution in [0, 0.1) is 11.6 Å². The molecule has 1 amide bonds. The van der Waals surface area contributed by atoms with Crippen LogP contribution in [0.3, 0.4) is 0 Å². The Balaban J connectivity index is 1.79. The Hall–Kier alpha value is -3.01. The summed E-state index contributed by atoms with van der Waals surface area (Å²) in [6.45, 7) is 1.69. The molecule has 0 radical (unpaired) electrons. The van der Waals surface area contributed by atoms with Crippen LogP contribution >= 0.6 is 0 Å². The van der Waals surface area contributed by atoms with Gasteiger partial charge in [-0.2, -0.15) is 0 Å². The number of halogens is 2. The van der Waals surface area contributed by atoms with Crippen LogP contribution in [-0.4, -0.2) is 5.91 Å². The third-order valence-corrected chi connectivity index (χ3v) is 4.06. The first-order valence-electron chi connectivity index (χ1n) is 7.96. The van der Waals surface area contributed by atoms with Gasteiger partial charge >= 0.3 is 0 Å². The Morgan fingerprint density at radius 1 is 0.920 bits per heavy atom. The highest BCUT2D eigenvalue weighted by molar-refractivity contribution is 5.95. The molecule has 0 spiro atoms. The molecule has 1 N–H and O–H groups in total. The first kappa shape index (κ1) is 16.8. The molecule has 1 atom stereocenters. The largest absolute Gasteiger partial charge is 0.325 e. The molecule has 25 heavy (non-hydrogen) atoms. The smallest absolute Gasteiger partial charge is 0.231 e. The summed E-state index contributed by atoms with van der Waals surface area (Å²) in [5.74, 6) is -1.70. The predicted molar refractivity (Wildman–Crippen MR) is 95.3 cm³/mol. The number of benzene rings is 3. The van der Waals surface area contributed by atoms with Crippen LogP contribution in [0.5, 0.6) is 0 Å². The van der Waals surface area contributed by atoms with Crippen LogP contribution in [-0.2, 0) is 4.79 Å². The number of carbonyl (C=O) groups excluding carboxylic acids is 1. The van der Waals surface area contributed by atoms with E-state index in [0.29, 0.717) is 16.8 Å². The van der Waals surface area contributed by atoms with Crippen molar-refractivity contribution in [2.75, 3.05) is 5.32 Å². The van der Waals surface area contributed by atoms with Crippen molar-refractivity contribution in [3.8, 4) is 11.1 Å². The fraction of sp³-hybridized carbons (Fsp3) is 0.0952. The molecule has 2 nitrogen and oxygen atoms in total. The molecule has 0 aromatic heterocycles. The van der Waals surface area contributed by atoms with Crippen molar-refractivity contribution >= 4 is 11.6 Å². The molecule has 0 aliphatic carbocycles. The molecule has 0 bridgehead atoms. The molecule has 0 aliphatic rings. The van der Waals surface area contributed by atoms with E-state index in [1.807, 2.05) is 30.3 Å². The van der Waals surface area contributed by atoms with Gasteiger partial charge in [0, 0.05) is 11.3 Å². The first-order valence-corrected chi connectivity index (χ1v) is 7.96. The number of hydrogen-bond donors (Lipinski definition) is 1. The van der Waals surface area contributed by atoms with Gasteiger partial charge in [-0.25, -0.2) is 8.78 Å². The van der Waals surface area contributed by atoms with E-state index in [4.69, 9.17) is 0 Å². The highest BCUT2D eigenvalue weighted by Crippen LogP contribution is 2.27. The van der Waals surface area contributed by atoms with Crippen molar-refractivity contribution in [3.05, 3.63) is 90.0 Å². The van der Waals surface area contributed by atoms with Gasteiger partial charge < -0.3 is 5.32 Å². The maximum atomic E-state index is 14.5. The minimum atomic E-state index is -0.567. The molecule has 0 saturated carbocycles. The van der Waals surface area contributed by atoms with E-state index in [9.17, 15) is 13.6 Å². The Bertz CT molecular complexity index is 893. The van der Waals surface area contributed by atoms with Crippen molar-refractivity contribution in [2.24, 2.45) is 0 Å². The Labute approximate surface area is 145 Å². The minimum absolute atomic E-state index is 0.322. The van der Waals surface area contributed by atoms with Gasteiger partial charge in [0.2, 0.25) is 5.91 Å². The van der Waals surface area contributed by atoms with E-state index in [-0.39, 0.29) is 11.7 Å². The molecule has 3 rings (SSSR count). The Kier molecular flexibility index (Phi) is 4.89. The highest BCUT2D eigenvalue weighted by atomic mass is 19.1. The fourth-order valence-electron chi connectivity index (χ4n) is 2.62. The van der Waals surface area contributed by atoms with E-state index >= 15 is 0 Å². The molecule has 0 saturated heterocycles. The number of hydrogen-bond acceptors (Lipinski definition) is 1. The molecule has 0 fully saturated rings. The topological polar surface area (TPSA) is 29.1 Å². The molecule has 3 aromatic carbocycles. The zero-order valence-corrected chi connectivity index (χ0v) is 13.7. The van der Waals surface area contributed by atoms with Gasteiger partial charge in [0.15, 0.2) is 0 Å². The predicted octanol–water partition coefficient (Wildman–Crippen LogP) is 5.37. The summed E-state index contributed by atoms with van der Waals surface area (Å²) >= 11 is 0. The normalized spacial score (nSPS) is 11.8. The van der Waals surface area contributed by atoms with E-state index < -0.39 is 11.7 Å². The maximum absolute atomic E-state index is 14.5. The molecule has 0 aliphatic heterocycles. The van der Waals surface area contributed by atoms with Crippen LogP contribution in [0.2, 0.25) is 0 Å². The second kappa shape index (κ2) is 7.26. The number of carbonyl (C=O) groups is 1. The van der Waals surface area contributed by atoms with E-state index in [1.54, 1.807) is 25.1 Å². The zero-order chi connectivity index (χ0) is 17.8. The summed E-state index contributed by atoms with van der Waals surface area (Å²) in [6, 6.07) is 19.7. The highest BCUT2D eigenvalue weighted by Gasteiger charge is 2.17. The lowest BCUT2D eigenvalue weighted by Crippen LogP contribution is -2.19. The van der Waals surface area contributed by atoms with E-state index in [1.165, 1.54) is 24.3 Å². The number of rotatable bonds is 4. The number of anilines is 1. The standard InChI is InChI=1S/C21H17F2NO/c1-14(21(25)24-18-9-5-8-17(22)13-18)16-10-11-19(20(23)12-16)15-6-3-2-4-7-15/h2-14H,1H3,(H,24,25)/t14-/m0/s1. The zero-order valence-electron chi connectivity index (χ0n) is 13.7. The van der Waals surface area contributed by atoms with Crippen LogP contribution in [0.4, 0.5) is 14.5 Å². The van der Waals surface area contributed by atoms with Crippen molar-refractivity contribution in [1.82, 2.24) is 0 Å². The average Bonchev–Trinajstić information content (AvgIpc) is 2.61. The minimum Gasteiger partial charge on any atom is -0.325 e. The molecule has 4 heteroatoms. The average molecular weight is 337 g/mol. The lowest BCUT2D eigenvalue weighted by molar-refractivity contribution is -0.117. The molecular weight excluding hydrogens is 320 g/mol. The summed E-state index contributed by atoms with van der Waals surface area (Å²) < 4.78 is 27.7. The van der Waals surface area contributed by atoms with Gasteiger partial charge in [0.1, 0.15) is 11.6 Å². The first-order chi connectivity index (χ1) is 12.0. The number of nitrogens with one attached hydrogen (secondary N) is 1. The van der Waals surface area contributed by atoms with Gasteiger partial charge in [0.25, 0.3) is 0 Å². The number of amides is 1. The lowest BCUT2D eigenvalue weighted by atomic mass is 9.96. The van der Waals surface area contributed by atoms with Gasteiger partial charge in [-0.15, -0.1) is 0 Å². The van der Waals surface area contributed by atoms with Crippen molar-refractivity contribution < 1.29 is 13.6 Å². The molecule has 126 valence electrons. The summed E-state index contributed by atoms with van der Waals surface area (Å²) in [6.07, 6.45) is 0. The van der Waals surface area contributed by atoms with Crippen LogP contribution in [0.25, 0.3) is 11.1 Å². The van der Waals surface area contributed by atoms with Gasteiger partial charge in [0.05, 0.1) is 5.92 Å². The van der Waals surface area contributed by atoms with Crippen molar-refractivity contribution in [2.45, 2.75) is 12.8 Å². The summed E-state index contributed by atoms with van der Waals surface area (Å²) in [4.78, 5) is 12.3. The summed E-state index contributed by atoms with van der Waals surface area (Å²) in [5, 5.41) is 2.65. The molecule has 0 heterocycles. The molecule has 0 unspecified atom stereocenters. The van der Waals surface area contributed by atoms with Crippen LogP contribution in [0.15, 0.2) is 72.8 Å². The third-order valence-electron chi connectivity index (χ3n) is 4.06. The SMILES string of the molecule is C[C@H](C(=O)Nc1cccc(F)c1)c1ccc(-c2ccccc2)c(F)c1. The van der Waals surface area contributed by atoms with Crippen LogP contribution < -0.4 is 5.32 Å². The van der Waals surface area contributed by atoms with Gasteiger partial charge in [-0.1, -0.05) is 48.5 Å². The molecule has 3 aromatic rings. The molecular formula is C21H17F2NO. The van der Waals surface area contributed by atoms with Crippen molar-refractivity contribution in [3.63, 3.8) is 0 Å². The summed E-state index contributed by atoms with van der Waals surface area (Å²) in [5.41, 5.74) is 2.20. The Morgan fingerprint density at radius 2 is 1.68 bits per heavy atom. The fourth-order valence-corrected chi connectivity index (χ4v) is 2.62. The van der Waals surface area contributed by atoms with Crippen LogP contribution in [0.1, 0.15) is 18.4 Å².